The van der Waals surface area contributed by atoms with Crippen LogP contribution in [-0.4, -0.2) is 13.3 Å². The lowest BCUT2D eigenvalue weighted by atomic mass is 9.96. The van der Waals surface area contributed by atoms with Gasteiger partial charge in [0.25, 0.3) is 0 Å². The van der Waals surface area contributed by atoms with Crippen LogP contribution in [0.2, 0.25) is 0 Å². The third-order valence-electron chi connectivity index (χ3n) is 3.29. The summed E-state index contributed by atoms with van der Waals surface area (Å²) >= 11 is 0. The van der Waals surface area contributed by atoms with E-state index in [1.165, 1.54) is 12.0 Å². The molecule has 3 nitrogen and oxygen atoms in total. The van der Waals surface area contributed by atoms with Gasteiger partial charge in [-0.05, 0) is 36.6 Å². The van der Waals surface area contributed by atoms with Crippen molar-refractivity contribution < 1.29 is 9.47 Å². The average Bonchev–Trinajstić information content (AvgIpc) is 2.84. The molecule has 2 heterocycles. The molecule has 1 aromatic carbocycles. The molecule has 1 N–H and O–H groups in total. The van der Waals surface area contributed by atoms with Gasteiger partial charge in [0, 0.05) is 6.04 Å². The Bertz CT molecular complexity index is 378. The lowest BCUT2D eigenvalue weighted by Crippen LogP contribution is -2.16. The molecule has 2 aliphatic heterocycles. The molecule has 0 bridgehead atoms. The molecule has 2 atom stereocenters. The molecule has 0 amide bonds. The van der Waals surface area contributed by atoms with Crippen molar-refractivity contribution in [2.45, 2.75) is 19.4 Å². The molecular formula is C12H15NO2. The van der Waals surface area contributed by atoms with E-state index in [-0.39, 0.29) is 0 Å². The highest BCUT2D eigenvalue weighted by Gasteiger charge is 2.25. The van der Waals surface area contributed by atoms with Gasteiger partial charge in [-0.1, -0.05) is 13.0 Å². The van der Waals surface area contributed by atoms with Crippen molar-refractivity contribution in [1.82, 2.24) is 5.32 Å². The monoisotopic (exact) mass is 205 g/mol. The minimum absolute atomic E-state index is 0.354. The van der Waals surface area contributed by atoms with Gasteiger partial charge in [-0.25, -0.2) is 0 Å². The van der Waals surface area contributed by atoms with Crippen LogP contribution in [0, 0.1) is 5.92 Å². The van der Waals surface area contributed by atoms with Crippen molar-refractivity contribution in [3.8, 4) is 11.5 Å². The van der Waals surface area contributed by atoms with Crippen LogP contribution in [0.15, 0.2) is 18.2 Å². The smallest absolute Gasteiger partial charge is 0.231 e. The summed E-state index contributed by atoms with van der Waals surface area (Å²) in [5, 5.41) is 3.52. The molecule has 15 heavy (non-hydrogen) atoms. The van der Waals surface area contributed by atoms with Crippen molar-refractivity contribution in [1.29, 1.82) is 0 Å². The van der Waals surface area contributed by atoms with E-state index in [0.29, 0.717) is 18.8 Å². The van der Waals surface area contributed by atoms with Crippen LogP contribution < -0.4 is 14.8 Å². The van der Waals surface area contributed by atoms with Crippen LogP contribution in [0.4, 0.5) is 0 Å². The predicted molar refractivity (Wildman–Crippen MR) is 57.1 cm³/mol. The Morgan fingerprint density at radius 2 is 2.13 bits per heavy atom. The molecule has 1 aromatic rings. The van der Waals surface area contributed by atoms with E-state index in [2.05, 4.69) is 24.4 Å². The van der Waals surface area contributed by atoms with Crippen LogP contribution in [-0.2, 0) is 0 Å². The van der Waals surface area contributed by atoms with Gasteiger partial charge in [0.05, 0.1) is 0 Å². The van der Waals surface area contributed by atoms with Crippen molar-refractivity contribution in [2.75, 3.05) is 13.3 Å². The normalized spacial score (nSPS) is 28.3. The first kappa shape index (κ1) is 9.04. The summed E-state index contributed by atoms with van der Waals surface area (Å²) in [5.74, 6) is 2.45. The third-order valence-corrected chi connectivity index (χ3v) is 3.29. The highest BCUT2D eigenvalue weighted by atomic mass is 16.7. The minimum atomic E-state index is 0.354. The molecule has 3 heteroatoms. The average molecular weight is 205 g/mol. The number of hydrogen-bond donors (Lipinski definition) is 1. The zero-order valence-electron chi connectivity index (χ0n) is 8.82. The summed E-state index contributed by atoms with van der Waals surface area (Å²) in [6, 6.07) is 6.71. The van der Waals surface area contributed by atoms with E-state index in [1.807, 2.05) is 6.07 Å². The molecule has 2 aliphatic rings. The molecule has 0 radical (unpaired) electrons. The number of nitrogens with one attached hydrogen (secondary N) is 1. The molecule has 0 saturated carbocycles. The van der Waals surface area contributed by atoms with Crippen molar-refractivity contribution >= 4 is 0 Å². The Balaban J connectivity index is 1.92. The summed E-state index contributed by atoms with van der Waals surface area (Å²) < 4.78 is 10.7. The lowest BCUT2D eigenvalue weighted by Gasteiger charge is -2.16. The quantitative estimate of drug-likeness (QED) is 0.761. The van der Waals surface area contributed by atoms with E-state index < -0.39 is 0 Å². The van der Waals surface area contributed by atoms with E-state index in [4.69, 9.17) is 9.47 Å². The zero-order chi connectivity index (χ0) is 10.3. The highest BCUT2D eigenvalue weighted by molar-refractivity contribution is 5.45. The fourth-order valence-corrected chi connectivity index (χ4v) is 2.39. The molecule has 0 spiro atoms. The standard InChI is InChI=1S/C12H15NO2/c1-8-4-5-13-12(8)9-2-3-10-11(6-9)15-7-14-10/h2-3,6,8,12-13H,4-5,7H2,1H3/t8-,12-/m1/s1. The van der Waals surface area contributed by atoms with Gasteiger partial charge >= 0.3 is 0 Å². The van der Waals surface area contributed by atoms with Crippen LogP contribution >= 0.6 is 0 Å². The van der Waals surface area contributed by atoms with E-state index in [1.54, 1.807) is 0 Å². The third kappa shape index (κ3) is 1.47. The summed E-state index contributed by atoms with van der Waals surface area (Å²) in [4.78, 5) is 0. The largest absolute Gasteiger partial charge is 0.454 e. The van der Waals surface area contributed by atoms with Crippen LogP contribution in [0.1, 0.15) is 24.9 Å². The second kappa shape index (κ2) is 3.42. The number of ether oxygens (including phenoxy) is 2. The Labute approximate surface area is 89.4 Å². The molecule has 0 aromatic heterocycles. The van der Waals surface area contributed by atoms with E-state index >= 15 is 0 Å². The number of benzene rings is 1. The van der Waals surface area contributed by atoms with Gasteiger partial charge in [-0.3, -0.25) is 0 Å². The lowest BCUT2D eigenvalue weighted by molar-refractivity contribution is 0.174. The van der Waals surface area contributed by atoms with Gasteiger partial charge in [0.15, 0.2) is 11.5 Å². The highest BCUT2D eigenvalue weighted by Crippen LogP contribution is 2.37. The first-order valence-corrected chi connectivity index (χ1v) is 5.47. The van der Waals surface area contributed by atoms with E-state index in [9.17, 15) is 0 Å². The topological polar surface area (TPSA) is 30.5 Å². The van der Waals surface area contributed by atoms with Crippen LogP contribution in [0.25, 0.3) is 0 Å². The van der Waals surface area contributed by atoms with Crippen molar-refractivity contribution in [3.63, 3.8) is 0 Å². The van der Waals surface area contributed by atoms with Crippen LogP contribution in [0.3, 0.4) is 0 Å². The van der Waals surface area contributed by atoms with Gasteiger partial charge in [0.2, 0.25) is 6.79 Å². The molecule has 1 saturated heterocycles. The summed E-state index contributed by atoms with van der Waals surface area (Å²) in [5.41, 5.74) is 1.31. The summed E-state index contributed by atoms with van der Waals surface area (Å²) in [6.07, 6.45) is 1.25. The molecule has 0 unspecified atom stereocenters. The van der Waals surface area contributed by atoms with Crippen molar-refractivity contribution in [3.05, 3.63) is 23.8 Å². The molecule has 1 fully saturated rings. The maximum Gasteiger partial charge on any atom is 0.231 e. The number of fused-ring (bicyclic) bond motifs is 1. The Morgan fingerprint density at radius 1 is 1.27 bits per heavy atom. The first-order valence-electron chi connectivity index (χ1n) is 5.47. The molecule has 3 rings (SSSR count). The SMILES string of the molecule is C[C@@H]1CCN[C@H]1c1ccc2c(c1)OCO2. The van der Waals surface area contributed by atoms with E-state index in [0.717, 1.165) is 18.0 Å². The first-order chi connectivity index (χ1) is 7.34. The predicted octanol–water partition coefficient (Wildman–Crippen LogP) is 2.09. The van der Waals surface area contributed by atoms with Gasteiger partial charge < -0.3 is 14.8 Å². The Hall–Kier alpha value is -1.22. The van der Waals surface area contributed by atoms with Gasteiger partial charge in [-0.15, -0.1) is 0 Å². The maximum absolute atomic E-state index is 5.38. The van der Waals surface area contributed by atoms with Crippen LogP contribution in [0.5, 0.6) is 11.5 Å². The second-order valence-corrected chi connectivity index (χ2v) is 4.31. The molecule has 0 aliphatic carbocycles. The van der Waals surface area contributed by atoms with Gasteiger partial charge in [-0.2, -0.15) is 0 Å². The van der Waals surface area contributed by atoms with Crippen molar-refractivity contribution in [2.24, 2.45) is 5.92 Å². The summed E-state index contributed by atoms with van der Waals surface area (Å²) in [7, 11) is 0. The fourth-order valence-electron chi connectivity index (χ4n) is 2.39. The Morgan fingerprint density at radius 3 is 2.93 bits per heavy atom. The zero-order valence-corrected chi connectivity index (χ0v) is 8.82. The summed E-state index contributed by atoms with van der Waals surface area (Å²) in [6.45, 7) is 3.75. The molecule has 80 valence electrons. The fraction of sp³-hybridized carbons (Fsp3) is 0.500. The second-order valence-electron chi connectivity index (χ2n) is 4.31. The minimum Gasteiger partial charge on any atom is -0.454 e. The maximum atomic E-state index is 5.38. The molecular weight excluding hydrogens is 190 g/mol. The number of hydrogen-bond acceptors (Lipinski definition) is 3. The number of rotatable bonds is 1. The Kier molecular flexibility index (Phi) is 2.06. The van der Waals surface area contributed by atoms with Gasteiger partial charge in [0.1, 0.15) is 0 Å².